The van der Waals surface area contributed by atoms with Crippen LogP contribution in [-0.2, 0) is 16.4 Å². The standard InChI is InChI=1S/C12H15N3O2S/c1-3-10-8-13-14-12(10)15-18(16,17)11-6-4-9(2)5-7-11/h4-8H,3H2,1-2H3,(H2,13,14,15). The van der Waals surface area contributed by atoms with E-state index in [-0.39, 0.29) is 4.90 Å². The summed E-state index contributed by atoms with van der Waals surface area (Å²) in [4.78, 5) is 0.241. The minimum atomic E-state index is -3.55. The molecule has 5 nitrogen and oxygen atoms in total. The molecule has 0 aliphatic heterocycles. The molecular weight excluding hydrogens is 250 g/mol. The van der Waals surface area contributed by atoms with Crippen molar-refractivity contribution >= 4 is 15.8 Å². The van der Waals surface area contributed by atoms with E-state index >= 15 is 0 Å². The molecule has 0 aliphatic carbocycles. The van der Waals surface area contributed by atoms with Gasteiger partial charge in [-0.2, -0.15) is 5.10 Å². The van der Waals surface area contributed by atoms with Gasteiger partial charge in [-0.15, -0.1) is 0 Å². The van der Waals surface area contributed by atoms with Crippen LogP contribution in [0.1, 0.15) is 18.1 Å². The van der Waals surface area contributed by atoms with Crippen LogP contribution >= 0.6 is 0 Å². The highest BCUT2D eigenvalue weighted by Gasteiger charge is 2.16. The van der Waals surface area contributed by atoms with E-state index in [0.29, 0.717) is 12.2 Å². The maximum absolute atomic E-state index is 12.1. The van der Waals surface area contributed by atoms with Gasteiger partial charge in [0.1, 0.15) is 5.82 Å². The van der Waals surface area contributed by atoms with Gasteiger partial charge < -0.3 is 0 Å². The van der Waals surface area contributed by atoms with E-state index in [4.69, 9.17) is 0 Å². The number of aromatic amines is 1. The third-order valence-corrected chi connectivity index (χ3v) is 4.03. The monoisotopic (exact) mass is 265 g/mol. The fourth-order valence-electron chi connectivity index (χ4n) is 1.58. The zero-order chi connectivity index (χ0) is 13.2. The van der Waals surface area contributed by atoms with Gasteiger partial charge in [0.15, 0.2) is 0 Å². The summed E-state index contributed by atoms with van der Waals surface area (Å²) in [6.07, 6.45) is 2.33. The molecule has 0 atom stereocenters. The number of hydrogen-bond acceptors (Lipinski definition) is 3. The molecule has 1 aromatic heterocycles. The van der Waals surface area contributed by atoms with Gasteiger partial charge in [-0.25, -0.2) is 8.42 Å². The Morgan fingerprint density at radius 1 is 1.28 bits per heavy atom. The molecule has 1 aromatic carbocycles. The summed E-state index contributed by atoms with van der Waals surface area (Å²) in [5.41, 5.74) is 1.86. The highest BCUT2D eigenvalue weighted by atomic mass is 32.2. The number of rotatable bonds is 4. The fourth-order valence-corrected chi connectivity index (χ4v) is 2.64. The molecule has 0 fully saturated rings. The van der Waals surface area contributed by atoms with Crippen molar-refractivity contribution in [2.75, 3.05) is 4.72 Å². The molecule has 0 radical (unpaired) electrons. The van der Waals surface area contributed by atoms with Crippen LogP contribution in [0.15, 0.2) is 35.4 Å². The van der Waals surface area contributed by atoms with E-state index in [0.717, 1.165) is 11.1 Å². The molecule has 96 valence electrons. The third kappa shape index (κ3) is 2.53. The third-order valence-electron chi connectivity index (χ3n) is 2.67. The highest BCUT2D eigenvalue weighted by Crippen LogP contribution is 2.18. The van der Waals surface area contributed by atoms with Gasteiger partial charge >= 0.3 is 0 Å². The minimum absolute atomic E-state index is 0.241. The van der Waals surface area contributed by atoms with Crippen LogP contribution in [0.2, 0.25) is 0 Å². The smallest absolute Gasteiger partial charge is 0.263 e. The Balaban J connectivity index is 2.30. The van der Waals surface area contributed by atoms with E-state index in [1.54, 1.807) is 30.5 Å². The maximum atomic E-state index is 12.1. The van der Waals surface area contributed by atoms with Gasteiger partial charge in [-0.05, 0) is 25.5 Å². The van der Waals surface area contributed by atoms with Crippen molar-refractivity contribution in [3.8, 4) is 0 Å². The Kier molecular flexibility index (Phi) is 3.38. The van der Waals surface area contributed by atoms with E-state index < -0.39 is 10.0 Å². The van der Waals surface area contributed by atoms with Crippen molar-refractivity contribution in [2.45, 2.75) is 25.2 Å². The van der Waals surface area contributed by atoms with Crippen molar-refractivity contribution < 1.29 is 8.42 Å². The van der Waals surface area contributed by atoms with Crippen molar-refractivity contribution in [2.24, 2.45) is 0 Å². The van der Waals surface area contributed by atoms with E-state index in [9.17, 15) is 8.42 Å². The lowest BCUT2D eigenvalue weighted by atomic mass is 10.2. The number of benzene rings is 1. The predicted octanol–water partition coefficient (Wildman–Crippen LogP) is 2.08. The van der Waals surface area contributed by atoms with Gasteiger partial charge in [0.25, 0.3) is 10.0 Å². The maximum Gasteiger partial charge on any atom is 0.263 e. The van der Waals surface area contributed by atoms with Gasteiger partial charge in [0, 0.05) is 5.56 Å². The van der Waals surface area contributed by atoms with Crippen molar-refractivity contribution in [3.05, 3.63) is 41.6 Å². The molecule has 0 spiro atoms. The number of aromatic nitrogens is 2. The zero-order valence-electron chi connectivity index (χ0n) is 10.3. The summed E-state index contributed by atoms with van der Waals surface area (Å²) in [6.45, 7) is 3.85. The quantitative estimate of drug-likeness (QED) is 0.888. The van der Waals surface area contributed by atoms with Crippen molar-refractivity contribution in [3.63, 3.8) is 0 Å². The summed E-state index contributed by atoms with van der Waals surface area (Å²) in [5.74, 6) is 0.429. The Hall–Kier alpha value is -1.82. The largest absolute Gasteiger partial charge is 0.264 e. The molecule has 0 saturated heterocycles. The van der Waals surface area contributed by atoms with E-state index in [1.807, 2.05) is 13.8 Å². The van der Waals surface area contributed by atoms with Crippen LogP contribution in [0.3, 0.4) is 0 Å². The molecule has 18 heavy (non-hydrogen) atoms. The predicted molar refractivity (Wildman–Crippen MR) is 70.0 cm³/mol. The summed E-state index contributed by atoms with van der Waals surface area (Å²) >= 11 is 0. The second kappa shape index (κ2) is 4.81. The normalized spacial score (nSPS) is 11.4. The number of nitrogens with one attached hydrogen (secondary N) is 2. The van der Waals surface area contributed by atoms with Crippen molar-refractivity contribution in [1.29, 1.82) is 0 Å². The summed E-state index contributed by atoms with van der Waals surface area (Å²) in [5, 5.41) is 6.49. The first-order chi connectivity index (χ1) is 8.53. The van der Waals surface area contributed by atoms with E-state index in [2.05, 4.69) is 14.9 Å². The lowest BCUT2D eigenvalue weighted by molar-refractivity contribution is 0.601. The van der Waals surface area contributed by atoms with Crippen LogP contribution < -0.4 is 4.72 Å². The highest BCUT2D eigenvalue weighted by molar-refractivity contribution is 7.92. The Morgan fingerprint density at radius 3 is 2.56 bits per heavy atom. The van der Waals surface area contributed by atoms with Crippen LogP contribution in [0.25, 0.3) is 0 Å². The van der Waals surface area contributed by atoms with Crippen LogP contribution in [-0.4, -0.2) is 18.6 Å². The topological polar surface area (TPSA) is 74.8 Å². The molecule has 0 unspecified atom stereocenters. The van der Waals surface area contributed by atoms with Crippen molar-refractivity contribution in [1.82, 2.24) is 10.2 Å². The number of hydrogen-bond donors (Lipinski definition) is 2. The fraction of sp³-hybridized carbons (Fsp3) is 0.250. The number of aryl methyl sites for hydroxylation is 2. The molecule has 0 saturated carbocycles. The van der Waals surface area contributed by atoms with Gasteiger partial charge in [0.05, 0.1) is 11.1 Å². The van der Waals surface area contributed by atoms with Gasteiger partial charge in [-0.1, -0.05) is 24.6 Å². The zero-order valence-corrected chi connectivity index (χ0v) is 11.1. The first-order valence-electron chi connectivity index (χ1n) is 5.64. The molecule has 6 heteroatoms. The lowest BCUT2D eigenvalue weighted by Gasteiger charge is -2.07. The van der Waals surface area contributed by atoms with Gasteiger partial charge in [0.2, 0.25) is 0 Å². The number of sulfonamides is 1. The molecule has 1 heterocycles. The Bertz CT molecular complexity index is 630. The summed E-state index contributed by atoms with van der Waals surface area (Å²) in [7, 11) is -3.55. The molecule has 2 N–H and O–H groups in total. The molecule has 0 amide bonds. The Labute approximate surface area is 106 Å². The molecule has 2 rings (SSSR count). The summed E-state index contributed by atoms with van der Waals surface area (Å²) in [6, 6.07) is 6.70. The average molecular weight is 265 g/mol. The van der Waals surface area contributed by atoms with Crippen LogP contribution in [0.5, 0.6) is 0 Å². The van der Waals surface area contributed by atoms with Crippen LogP contribution in [0, 0.1) is 6.92 Å². The van der Waals surface area contributed by atoms with Gasteiger partial charge in [-0.3, -0.25) is 9.82 Å². The SMILES string of the molecule is CCc1cn[nH]c1NS(=O)(=O)c1ccc(C)cc1. The second-order valence-electron chi connectivity index (χ2n) is 4.04. The molecule has 0 aliphatic rings. The minimum Gasteiger partial charge on any atom is -0.264 e. The average Bonchev–Trinajstić information content (AvgIpc) is 2.76. The first kappa shape index (κ1) is 12.6. The second-order valence-corrected chi connectivity index (χ2v) is 5.72. The summed E-state index contributed by atoms with van der Waals surface area (Å²) < 4.78 is 26.7. The molecule has 0 bridgehead atoms. The van der Waals surface area contributed by atoms with E-state index in [1.165, 1.54) is 0 Å². The number of H-pyrrole nitrogens is 1. The molecular formula is C12H15N3O2S. The number of nitrogens with zero attached hydrogens (tertiary/aromatic N) is 1. The lowest BCUT2D eigenvalue weighted by Crippen LogP contribution is -2.14. The van der Waals surface area contributed by atoms with Crippen LogP contribution in [0.4, 0.5) is 5.82 Å². The Morgan fingerprint density at radius 2 is 1.94 bits per heavy atom. The first-order valence-corrected chi connectivity index (χ1v) is 7.13. The molecule has 2 aromatic rings. The number of anilines is 1.